The second kappa shape index (κ2) is 8.20. The summed E-state index contributed by atoms with van der Waals surface area (Å²) in [5.74, 6) is 3.54. The lowest BCUT2D eigenvalue weighted by molar-refractivity contribution is -0.140. The third-order valence-corrected chi connectivity index (χ3v) is 3.04. The van der Waals surface area contributed by atoms with E-state index in [4.69, 9.17) is 4.74 Å². The largest absolute Gasteiger partial charge is 0.445 e. The predicted octanol–water partition coefficient (Wildman–Crippen LogP) is 4.12. The third kappa shape index (κ3) is 5.84. The molecule has 0 fully saturated rings. The van der Waals surface area contributed by atoms with Gasteiger partial charge in [-0.15, -0.1) is 0 Å². The van der Waals surface area contributed by atoms with Crippen LogP contribution in [0.15, 0.2) is 48.5 Å². The Morgan fingerprint density at radius 3 is 2.52 bits per heavy atom. The van der Waals surface area contributed by atoms with Gasteiger partial charge in [-0.1, -0.05) is 42.2 Å². The summed E-state index contributed by atoms with van der Waals surface area (Å²) in [4.78, 5) is 11.5. The summed E-state index contributed by atoms with van der Waals surface area (Å²) >= 11 is 0. The Morgan fingerprint density at radius 2 is 1.84 bits per heavy atom. The molecule has 0 atom stereocenters. The molecule has 0 spiro atoms. The van der Waals surface area contributed by atoms with Gasteiger partial charge >= 0.3 is 12.3 Å². The molecule has 0 saturated heterocycles. The van der Waals surface area contributed by atoms with Gasteiger partial charge < -0.3 is 10.1 Å². The van der Waals surface area contributed by atoms with E-state index in [9.17, 15) is 22.4 Å². The minimum absolute atomic E-state index is 0.00632. The summed E-state index contributed by atoms with van der Waals surface area (Å²) < 4.78 is 55.8. The highest BCUT2D eigenvalue weighted by atomic mass is 19.4. The zero-order chi connectivity index (χ0) is 18.3. The first-order chi connectivity index (χ1) is 11.9. The van der Waals surface area contributed by atoms with E-state index in [2.05, 4.69) is 17.2 Å². The van der Waals surface area contributed by atoms with Gasteiger partial charge in [0.15, 0.2) is 0 Å². The molecular formula is C18H13F4NO2. The fraction of sp³-hybridized carbons (Fsp3) is 0.167. The molecule has 0 radical (unpaired) electrons. The van der Waals surface area contributed by atoms with Crippen molar-refractivity contribution in [2.45, 2.75) is 12.8 Å². The second-order valence-corrected chi connectivity index (χ2v) is 4.91. The van der Waals surface area contributed by atoms with Gasteiger partial charge in [-0.05, 0) is 23.8 Å². The SMILES string of the molecule is O=C(NCC#Cc1ccc(F)c(C(F)(F)F)c1)OCc1ccccc1. The Bertz CT molecular complexity index is 792. The van der Waals surface area contributed by atoms with E-state index in [0.29, 0.717) is 12.1 Å². The number of alkyl halides is 3. The van der Waals surface area contributed by atoms with Crippen LogP contribution in [-0.4, -0.2) is 12.6 Å². The molecular weight excluding hydrogens is 338 g/mol. The quantitative estimate of drug-likeness (QED) is 0.667. The lowest BCUT2D eigenvalue weighted by Gasteiger charge is -2.07. The Balaban J connectivity index is 1.85. The lowest BCUT2D eigenvalue weighted by atomic mass is 10.1. The maximum absolute atomic E-state index is 13.1. The molecule has 1 N–H and O–H groups in total. The van der Waals surface area contributed by atoms with Crippen molar-refractivity contribution in [3.05, 3.63) is 71.0 Å². The van der Waals surface area contributed by atoms with E-state index in [1.807, 2.05) is 6.07 Å². The topological polar surface area (TPSA) is 38.3 Å². The van der Waals surface area contributed by atoms with Crippen LogP contribution in [0.3, 0.4) is 0 Å². The van der Waals surface area contributed by atoms with E-state index in [0.717, 1.165) is 11.6 Å². The predicted molar refractivity (Wildman–Crippen MR) is 82.9 cm³/mol. The van der Waals surface area contributed by atoms with Crippen LogP contribution >= 0.6 is 0 Å². The van der Waals surface area contributed by atoms with Crippen molar-refractivity contribution in [3.63, 3.8) is 0 Å². The summed E-state index contributed by atoms with van der Waals surface area (Å²) in [5.41, 5.74) is -0.572. The summed E-state index contributed by atoms with van der Waals surface area (Å²) in [6, 6.07) is 11.5. The van der Waals surface area contributed by atoms with Crippen LogP contribution in [0.4, 0.5) is 22.4 Å². The number of benzene rings is 2. The smallest absolute Gasteiger partial charge is 0.419 e. The van der Waals surface area contributed by atoms with Crippen LogP contribution in [0.2, 0.25) is 0 Å². The highest BCUT2D eigenvalue weighted by Gasteiger charge is 2.34. The van der Waals surface area contributed by atoms with E-state index in [1.165, 1.54) is 0 Å². The van der Waals surface area contributed by atoms with Crippen molar-refractivity contribution < 1.29 is 27.1 Å². The number of alkyl carbamates (subject to hydrolysis) is 1. The maximum Gasteiger partial charge on any atom is 0.419 e. The average Bonchev–Trinajstić information content (AvgIpc) is 2.58. The summed E-state index contributed by atoms with van der Waals surface area (Å²) in [6.07, 6.45) is -5.49. The van der Waals surface area contributed by atoms with Crippen LogP contribution in [0, 0.1) is 17.7 Å². The van der Waals surface area contributed by atoms with Crippen LogP contribution in [0.5, 0.6) is 0 Å². The van der Waals surface area contributed by atoms with Crippen molar-refractivity contribution >= 4 is 6.09 Å². The first kappa shape index (κ1) is 18.3. The summed E-state index contributed by atoms with van der Waals surface area (Å²) in [5, 5.41) is 2.35. The van der Waals surface area contributed by atoms with Gasteiger partial charge in [0.2, 0.25) is 0 Å². The highest BCUT2D eigenvalue weighted by Crippen LogP contribution is 2.31. The zero-order valence-corrected chi connectivity index (χ0v) is 12.9. The number of nitrogens with one attached hydrogen (secondary N) is 1. The number of carbonyl (C=O) groups is 1. The lowest BCUT2D eigenvalue weighted by Crippen LogP contribution is -2.24. The molecule has 2 aromatic carbocycles. The van der Waals surface area contributed by atoms with E-state index >= 15 is 0 Å². The number of hydrogen-bond acceptors (Lipinski definition) is 2. The first-order valence-corrected chi connectivity index (χ1v) is 7.16. The molecule has 7 heteroatoms. The van der Waals surface area contributed by atoms with Gasteiger partial charge in [-0.2, -0.15) is 13.2 Å². The Kier molecular flexibility index (Phi) is 6.01. The molecule has 0 saturated carbocycles. The van der Waals surface area contributed by atoms with Gasteiger partial charge in [-0.25, -0.2) is 9.18 Å². The van der Waals surface area contributed by atoms with E-state index < -0.39 is 23.7 Å². The van der Waals surface area contributed by atoms with Crippen molar-refractivity contribution in [3.8, 4) is 11.8 Å². The van der Waals surface area contributed by atoms with Crippen LogP contribution in [-0.2, 0) is 17.5 Å². The average molecular weight is 351 g/mol. The first-order valence-electron chi connectivity index (χ1n) is 7.16. The minimum atomic E-state index is -4.79. The molecule has 25 heavy (non-hydrogen) atoms. The third-order valence-electron chi connectivity index (χ3n) is 3.04. The van der Waals surface area contributed by atoms with Crippen molar-refractivity contribution in [1.29, 1.82) is 0 Å². The number of rotatable bonds is 3. The monoisotopic (exact) mass is 351 g/mol. The zero-order valence-electron chi connectivity index (χ0n) is 12.9. The van der Waals surface area contributed by atoms with Gasteiger partial charge in [-0.3, -0.25) is 0 Å². The van der Waals surface area contributed by atoms with Crippen molar-refractivity contribution in [1.82, 2.24) is 5.32 Å². The standard InChI is InChI=1S/C18H13F4NO2/c19-16-9-8-13(11-15(16)18(20,21)22)7-4-10-23-17(24)25-12-14-5-2-1-3-6-14/h1-3,5-6,8-9,11H,10,12H2,(H,23,24). The van der Waals surface area contributed by atoms with E-state index in [1.54, 1.807) is 24.3 Å². The normalized spacial score (nSPS) is 10.6. The van der Waals surface area contributed by atoms with Crippen LogP contribution in [0.1, 0.15) is 16.7 Å². The minimum Gasteiger partial charge on any atom is -0.445 e. The molecule has 2 aromatic rings. The van der Waals surface area contributed by atoms with Crippen molar-refractivity contribution in [2.75, 3.05) is 6.54 Å². The van der Waals surface area contributed by atoms with Crippen LogP contribution in [0.25, 0.3) is 0 Å². The number of amides is 1. The fourth-order valence-corrected chi connectivity index (χ4v) is 1.86. The molecule has 0 aromatic heterocycles. The molecule has 3 nitrogen and oxygen atoms in total. The molecule has 0 aliphatic heterocycles. The molecule has 0 aliphatic carbocycles. The molecule has 1 amide bonds. The van der Waals surface area contributed by atoms with Gasteiger partial charge in [0.05, 0.1) is 12.1 Å². The summed E-state index contributed by atoms with van der Waals surface area (Å²) in [7, 11) is 0. The fourth-order valence-electron chi connectivity index (χ4n) is 1.86. The number of halogens is 4. The molecule has 0 unspecified atom stereocenters. The Hall–Kier alpha value is -3.01. The van der Waals surface area contributed by atoms with E-state index in [-0.39, 0.29) is 18.7 Å². The molecule has 0 bridgehead atoms. The Morgan fingerprint density at radius 1 is 1.12 bits per heavy atom. The Labute approximate surface area is 141 Å². The maximum atomic E-state index is 13.1. The number of ether oxygens (including phenoxy) is 1. The van der Waals surface area contributed by atoms with Gasteiger partial charge in [0.1, 0.15) is 12.4 Å². The molecule has 0 aliphatic rings. The van der Waals surface area contributed by atoms with Crippen molar-refractivity contribution in [2.24, 2.45) is 0 Å². The second-order valence-electron chi connectivity index (χ2n) is 4.91. The summed E-state index contributed by atoms with van der Waals surface area (Å²) in [6.45, 7) is -0.0284. The number of hydrogen-bond donors (Lipinski definition) is 1. The van der Waals surface area contributed by atoms with Gasteiger partial charge in [0, 0.05) is 5.56 Å². The molecule has 0 heterocycles. The van der Waals surface area contributed by atoms with Gasteiger partial charge in [0.25, 0.3) is 0 Å². The highest BCUT2D eigenvalue weighted by molar-refractivity contribution is 5.67. The van der Waals surface area contributed by atoms with Crippen LogP contribution < -0.4 is 5.32 Å². The molecule has 2 rings (SSSR count). The molecule has 130 valence electrons. The number of carbonyl (C=O) groups excluding carboxylic acids is 1.